The highest BCUT2D eigenvalue weighted by Crippen LogP contribution is 2.09. The molecule has 1 aliphatic heterocycles. The second kappa shape index (κ2) is 6.35. The second-order valence-electron chi connectivity index (χ2n) is 4.18. The molecule has 0 amide bonds. The third kappa shape index (κ3) is 4.37. The van der Waals surface area contributed by atoms with Crippen molar-refractivity contribution >= 4 is 0 Å². The van der Waals surface area contributed by atoms with E-state index in [1.54, 1.807) is 0 Å². The number of nitrogens with zero attached hydrogens (tertiary/aromatic N) is 1. The van der Waals surface area contributed by atoms with Crippen molar-refractivity contribution in [2.75, 3.05) is 33.3 Å². The minimum Gasteiger partial charge on any atom is -0.394 e. The third-order valence-corrected chi connectivity index (χ3v) is 2.80. The molecule has 1 heterocycles. The van der Waals surface area contributed by atoms with E-state index in [4.69, 9.17) is 5.11 Å². The van der Waals surface area contributed by atoms with Gasteiger partial charge in [0.1, 0.15) is 0 Å². The van der Waals surface area contributed by atoms with Gasteiger partial charge in [0.2, 0.25) is 0 Å². The van der Waals surface area contributed by atoms with Crippen LogP contribution in [0.1, 0.15) is 19.3 Å². The molecule has 0 spiro atoms. The molecule has 0 aromatic rings. The molecular weight excluding hydrogens is 180 g/mol. The van der Waals surface area contributed by atoms with Crippen molar-refractivity contribution in [3.8, 4) is 0 Å². The minimum absolute atomic E-state index is 0.153. The first-order valence-electron chi connectivity index (χ1n) is 5.43. The molecule has 1 rings (SSSR count). The van der Waals surface area contributed by atoms with Gasteiger partial charge in [0, 0.05) is 12.6 Å². The van der Waals surface area contributed by atoms with Gasteiger partial charge in [-0.15, -0.1) is 0 Å². The van der Waals surface area contributed by atoms with Gasteiger partial charge in [0.15, 0.2) is 0 Å². The topological polar surface area (TPSA) is 55.7 Å². The van der Waals surface area contributed by atoms with Crippen LogP contribution in [0.2, 0.25) is 0 Å². The summed E-state index contributed by atoms with van der Waals surface area (Å²) in [6, 6.07) is 0.501. The molecule has 1 saturated heterocycles. The molecule has 3 N–H and O–H groups in total. The number of hydrogen-bond donors (Lipinski definition) is 3. The maximum absolute atomic E-state index is 9.19. The van der Waals surface area contributed by atoms with E-state index in [2.05, 4.69) is 17.3 Å². The number of hydrogen-bond acceptors (Lipinski definition) is 4. The van der Waals surface area contributed by atoms with Crippen molar-refractivity contribution in [1.29, 1.82) is 0 Å². The van der Waals surface area contributed by atoms with Gasteiger partial charge < -0.3 is 20.4 Å². The van der Waals surface area contributed by atoms with Gasteiger partial charge in [-0.2, -0.15) is 0 Å². The van der Waals surface area contributed by atoms with Crippen LogP contribution < -0.4 is 5.32 Å². The molecule has 0 aromatic heterocycles. The van der Waals surface area contributed by atoms with Crippen molar-refractivity contribution < 1.29 is 10.2 Å². The van der Waals surface area contributed by atoms with E-state index in [1.165, 1.54) is 19.4 Å². The van der Waals surface area contributed by atoms with Crippen LogP contribution >= 0.6 is 0 Å². The van der Waals surface area contributed by atoms with E-state index in [1.807, 2.05) is 0 Å². The van der Waals surface area contributed by atoms with Gasteiger partial charge >= 0.3 is 0 Å². The van der Waals surface area contributed by atoms with E-state index < -0.39 is 6.10 Å². The zero-order valence-electron chi connectivity index (χ0n) is 8.95. The smallest absolute Gasteiger partial charge is 0.0895 e. The van der Waals surface area contributed by atoms with Gasteiger partial charge in [0.05, 0.1) is 12.7 Å². The monoisotopic (exact) mass is 202 g/mol. The molecule has 0 saturated carbocycles. The van der Waals surface area contributed by atoms with Gasteiger partial charge in [-0.3, -0.25) is 0 Å². The SMILES string of the molecule is CN1CCCC(NCC(O)CO)CC1. The Hall–Kier alpha value is -0.160. The largest absolute Gasteiger partial charge is 0.394 e. The van der Waals surface area contributed by atoms with Crippen molar-refractivity contribution in [3.05, 3.63) is 0 Å². The number of likely N-dealkylation sites (tertiary alicyclic amines) is 1. The summed E-state index contributed by atoms with van der Waals surface area (Å²) >= 11 is 0. The Bertz CT molecular complexity index is 155. The predicted octanol–water partition coefficient (Wildman–Crippen LogP) is -0.586. The summed E-state index contributed by atoms with van der Waals surface area (Å²) in [4.78, 5) is 2.34. The van der Waals surface area contributed by atoms with Crippen molar-refractivity contribution in [2.24, 2.45) is 0 Å². The molecule has 2 atom stereocenters. The lowest BCUT2D eigenvalue weighted by Gasteiger charge is -2.18. The molecular formula is C10H22N2O2. The normalized spacial score (nSPS) is 27.2. The van der Waals surface area contributed by atoms with E-state index >= 15 is 0 Å². The van der Waals surface area contributed by atoms with Crippen LogP contribution in [0.15, 0.2) is 0 Å². The number of aliphatic hydroxyl groups is 2. The Morgan fingerprint density at radius 3 is 2.93 bits per heavy atom. The summed E-state index contributed by atoms with van der Waals surface area (Å²) < 4.78 is 0. The maximum Gasteiger partial charge on any atom is 0.0895 e. The molecule has 4 nitrogen and oxygen atoms in total. The zero-order chi connectivity index (χ0) is 10.4. The van der Waals surface area contributed by atoms with Gasteiger partial charge in [0.25, 0.3) is 0 Å². The molecule has 0 radical (unpaired) electrons. The summed E-state index contributed by atoms with van der Waals surface area (Å²) in [6.07, 6.45) is 2.90. The van der Waals surface area contributed by atoms with Crippen molar-refractivity contribution in [1.82, 2.24) is 10.2 Å². The van der Waals surface area contributed by atoms with Crippen LogP contribution in [0.4, 0.5) is 0 Å². The fraction of sp³-hybridized carbons (Fsp3) is 1.00. The molecule has 0 aromatic carbocycles. The minimum atomic E-state index is -0.615. The summed E-state index contributed by atoms with van der Waals surface area (Å²) in [5.41, 5.74) is 0. The Labute approximate surface area is 85.9 Å². The standard InChI is InChI=1S/C10H22N2O2/c1-12-5-2-3-9(4-6-12)11-7-10(14)8-13/h9-11,13-14H,2-8H2,1H3. The molecule has 1 aliphatic rings. The lowest BCUT2D eigenvalue weighted by Crippen LogP contribution is -2.37. The van der Waals surface area contributed by atoms with Crippen LogP contribution in [0.25, 0.3) is 0 Å². The highest BCUT2D eigenvalue weighted by atomic mass is 16.3. The Kier molecular flexibility index (Phi) is 5.40. The average Bonchev–Trinajstić information content (AvgIpc) is 2.39. The van der Waals surface area contributed by atoms with Crippen LogP contribution in [0.5, 0.6) is 0 Å². The Morgan fingerprint density at radius 1 is 1.43 bits per heavy atom. The lowest BCUT2D eigenvalue weighted by atomic mass is 10.1. The maximum atomic E-state index is 9.19. The summed E-state index contributed by atoms with van der Waals surface area (Å²) in [5.74, 6) is 0. The van der Waals surface area contributed by atoms with E-state index in [-0.39, 0.29) is 6.61 Å². The Balaban J connectivity index is 2.17. The average molecular weight is 202 g/mol. The van der Waals surface area contributed by atoms with Gasteiger partial charge in [-0.05, 0) is 39.4 Å². The Morgan fingerprint density at radius 2 is 2.21 bits per heavy atom. The van der Waals surface area contributed by atoms with Crippen LogP contribution in [-0.2, 0) is 0 Å². The molecule has 0 bridgehead atoms. The number of rotatable bonds is 4. The van der Waals surface area contributed by atoms with E-state index in [9.17, 15) is 5.11 Å². The second-order valence-corrected chi connectivity index (χ2v) is 4.18. The van der Waals surface area contributed by atoms with Crippen LogP contribution in [-0.4, -0.2) is 60.5 Å². The van der Waals surface area contributed by atoms with Crippen molar-refractivity contribution in [3.63, 3.8) is 0 Å². The van der Waals surface area contributed by atoms with Gasteiger partial charge in [-0.25, -0.2) is 0 Å². The van der Waals surface area contributed by atoms with Gasteiger partial charge in [-0.1, -0.05) is 0 Å². The summed E-state index contributed by atoms with van der Waals surface area (Å²) in [5, 5.41) is 21.1. The van der Waals surface area contributed by atoms with Crippen LogP contribution in [0.3, 0.4) is 0 Å². The lowest BCUT2D eigenvalue weighted by molar-refractivity contribution is 0.0913. The predicted molar refractivity (Wildman–Crippen MR) is 56.2 cm³/mol. The fourth-order valence-electron chi connectivity index (χ4n) is 1.81. The fourth-order valence-corrected chi connectivity index (χ4v) is 1.81. The number of aliphatic hydroxyl groups excluding tert-OH is 2. The molecule has 14 heavy (non-hydrogen) atoms. The first-order chi connectivity index (χ1) is 6.72. The first-order valence-corrected chi connectivity index (χ1v) is 5.43. The number of nitrogens with one attached hydrogen (secondary N) is 1. The highest BCUT2D eigenvalue weighted by Gasteiger charge is 2.14. The molecule has 0 aliphatic carbocycles. The molecule has 84 valence electrons. The van der Waals surface area contributed by atoms with Crippen LogP contribution in [0, 0.1) is 0 Å². The van der Waals surface area contributed by atoms with Crippen molar-refractivity contribution in [2.45, 2.75) is 31.4 Å². The summed E-state index contributed by atoms with van der Waals surface area (Å²) in [6.45, 7) is 2.64. The highest BCUT2D eigenvalue weighted by molar-refractivity contribution is 4.74. The quantitative estimate of drug-likeness (QED) is 0.570. The molecule has 4 heteroatoms. The zero-order valence-corrected chi connectivity index (χ0v) is 8.95. The summed E-state index contributed by atoms with van der Waals surface area (Å²) in [7, 11) is 2.14. The third-order valence-electron chi connectivity index (χ3n) is 2.80. The first kappa shape index (κ1) is 11.9. The molecule has 2 unspecified atom stereocenters. The van der Waals surface area contributed by atoms with E-state index in [0.29, 0.717) is 12.6 Å². The van der Waals surface area contributed by atoms with E-state index in [0.717, 1.165) is 13.0 Å². The molecule has 1 fully saturated rings.